The van der Waals surface area contributed by atoms with Gasteiger partial charge in [0.2, 0.25) is 6.10 Å². The van der Waals surface area contributed by atoms with Gasteiger partial charge in [-0.3, -0.25) is 9.69 Å². The van der Waals surface area contributed by atoms with Crippen LogP contribution in [0.4, 0.5) is 11.6 Å². The summed E-state index contributed by atoms with van der Waals surface area (Å²) in [4.78, 5) is 29.2. The summed E-state index contributed by atoms with van der Waals surface area (Å²) in [6.45, 7) is 0.117. The average Bonchev–Trinajstić information content (AvgIpc) is 2.71. The van der Waals surface area contributed by atoms with Crippen LogP contribution >= 0.6 is 11.6 Å². The van der Waals surface area contributed by atoms with E-state index in [1.165, 1.54) is 17.0 Å². The lowest BCUT2D eigenvalue weighted by Gasteiger charge is -2.31. The number of anilines is 1. The van der Waals surface area contributed by atoms with Gasteiger partial charge in [0, 0.05) is 16.7 Å². The van der Waals surface area contributed by atoms with Crippen LogP contribution < -0.4 is 9.64 Å². The van der Waals surface area contributed by atoms with E-state index in [1.807, 2.05) is 24.3 Å². The molecule has 3 aromatic rings. The lowest BCUT2D eigenvalue weighted by atomic mass is 10.1. The van der Waals surface area contributed by atoms with Gasteiger partial charge in [-0.25, -0.2) is 0 Å². The number of benzene rings is 2. The third-order valence-electron chi connectivity index (χ3n) is 4.39. The van der Waals surface area contributed by atoms with Crippen LogP contribution in [0.25, 0.3) is 0 Å². The summed E-state index contributed by atoms with van der Waals surface area (Å²) in [5.74, 6) is -0.332. The zero-order chi connectivity index (χ0) is 19.7. The lowest BCUT2D eigenvalue weighted by molar-refractivity contribution is -0.389. The Hall–Kier alpha value is -3.45. The summed E-state index contributed by atoms with van der Waals surface area (Å²) in [7, 11) is 0. The van der Waals surface area contributed by atoms with Crippen molar-refractivity contribution in [3.63, 3.8) is 0 Å². The quantitative estimate of drug-likeness (QED) is 0.485. The first-order valence-electron chi connectivity index (χ1n) is 8.46. The lowest BCUT2D eigenvalue weighted by Crippen LogP contribution is -2.41. The number of hydrogen-bond donors (Lipinski definition) is 0. The number of ether oxygens (including phenoxy) is 1. The molecule has 0 radical (unpaired) electrons. The summed E-state index contributed by atoms with van der Waals surface area (Å²) in [5.41, 5.74) is 1.38. The molecule has 28 heavy (non-hydrogen) atoms. The van der Waals surface area contributed by atoms with Gasteiger partial charge in [0.25, 0.3) is 11.7 Å². The molecule has 0 saturated heterocycles. The molecule has 140 valence electrons. The van der Waals surface area contributed by atoms with E-state index < -0.39 is 11.0 Å². The van der Waals surface area contributed by atoms with Crippen molar-refractivity contribution < 1.29 is 14.5 Å². The van der Waals surface area contributed by atoms with Gasteiger partial charge in [0.05, 0.1) is 6.54 Å². The van der Waals surface area contributed by atoms with E-state index >= 15 is 0 Å². The molecule has 1 atom stereocenters. The molecule has 1 aliphatic heterocycles. The van der Waals surface area contributed by atoms with Gasteiger partial charge in [-0.15, -0.1) is 0 Å². The number of rotatable bonds is 4. The molecule has 2 aromatic carbocycles. The third kappa shape index (κ3) is 3.27. The first-order chi connectivity index (χ1) is 13.5. The van der Waals surface area contributed by atoms with Gasteiger partial charge in [-0.1, -0.05) is 60.1 Å². The summed E-state index contributed by atoms with van der Waals surface area (Å²) in [6, 6.07) is 18.9. The summed E-state index contributed by atoms with van der Waals surface area (Å²) in [5, 5.41) is 11.6. The Morgan fingerprint density at radius 3 is 2.50 bits per heavy atom. The van der Waals surface area contributed by atoms with Crippen molar-refractivity contribution in [3.05, 3.63) is 93.0 Å². The molecule has 1 aliphatic rings. The van der Waals surface area contributed by atoms with E-state index in [0.717, 1.165) is 0 Å². The van der Waals surface area contributed by atoms with Crippen LogP contribution in [0.5, 0.6) is 5.75 Å². The highest BCUT2D eigenvalue weighted by Crippen LogP contribution is 2.39. The number of carbonyl (C=O) groups excluding carboxylic acids is 1. The number of aromatic nitrogens is 1. The molecule has 8 heteroatoms. The highest BCUT2D eigenvalue weighted by atomic mass is 35.5. The fourth-order valence-electron chi connectivity index (χ4n) is 3.02. The number of nitro groups is 1. The number of amides is 1. The van der Waals surface area contributed by atoms with E-state index in [9.17, 15) is 14.9 Å². The van der Waals surface area contributed by atoms with E-state index in [0.29, 0.717) is 21.9 Å². The molecule has 0 aliphatic carbocycles. The molecule has 2 heterocycles. The maximum Gasteiger partial charge on any atom is 0.366 e. The predicted molar refractivity (Wildman–Crippen MR) is 103 cm³/mol. The summed E-state index contributed by atoms with van der Waals surface area (Å²) >= 11 is 6.26. The van der Waals surface area contributed by atoms with Crippen LogP contribution in [0.1, 0.15) is 17.2 Å². The largest absolute Gasteiger partial charge is 0.469 e. The molecule has 7 nitrogen and oxygen atoms in total. The van der Waals surface area contributed by atoms with Crippen molar-refractivity contribution in [1.82, 2.24) is 4.98 Å². The Bertz CT molecular complexity index is 1060. The fraction of sp³-hybridized carbons (Fsp3) is 0.100. The topological polar surface area (TPSA) is 85.6 Å². The standard InChI is InChI=1S/C20H14ClN3O4/c21-15-9-5-4-8-14(15)12-23-19-16(10-11-17(22-19)24(26)27)28-18(20(23)25)13-6-2-1-3-7-13/h1-11,18H,12H2. The number of halogens is 1. The molecule has 0 spiro atoms. The summed E-state index contributed by atoms with van der Waals surface area (Å²) in [6.07, 6.45) is -0.876. The Kier molecular flexibility index (Phi) is 4.67. The summed E-state index contributed by atoms with van der Waals surface area (Å²) < 4.78 is 5.85. The zero-order valence-corrected chi connectivity index (χ0v) is 15.2. The molecular formula is C20H14ClN3O4. The first kappa shape index (κ1) is 17.9. The molecule has 1 amide bonds. The van der Waals surface area contributed by atoms with Gasteiger partial charge in [0.15, 0.2) is 5.75 Å². The Balaban J connectivity index is 1.81. The highest BCUT2D eigenvalue weighted by molar-refractivity contribution is 6.31. The maximum atomic E-state index is 13.2. The van der Waals surface area contributed by atoms with E-state index in [2.05, 4.69) is 4.98 Å². The second-order valence-corrected chi connectivity index (χ2v) is 6.58. The normalized spacial score (nSPS) is 15.7. The fourth-order valence-corrected chi connectivity index (χ4v) is 3.22. The van der Waals surface area contributed by atoms with E-state index in [4.69, 9.17) is 16.3 Å². The minimum absolute atomic E-state index is 0.103. The molecule has 0 bridgehead atoms. The molecule has 1 unspecified atom stereocenters. The number of carbonyl (C=O) groups is 1. The Morgan fingerprint density at radius 1 is 1.07 bits per heavy atom. The van der Waals surface area contributed by atoms with Gasteiger partial charge < -0.3 is 14.9 Å². The van der Waals surface area contributed by atoms with Crippen LogP contribution in [0.2, 0.25) is 5.02 Å². The smallest absolute Gasteiger partial charge is 0.366 e. The zero-order valence-electron chi connectivity index (χ0n) is 14.5. The van der Waals surface area contributed by atoms with Crippen molar-refractivity contribution in [3.8, 4) is 5.75 Å². The van der Waals surface area contributed by atoms with Gasteiger partial charge >= 0.3 is 5.82 Å². The minimum atomic E-state index is -0.876. The van der Waals surface area contributed by atoms with Crippen molar-refractivity contribution in [2.45, 2.75) is 12.6 Å². The predicted octanol–water partition coefficient (Wildman–Crippen LogP) is 4.31. The third-order valence-corrected chi connectivity index (χ3v) is 4.76. The SMILES string of the molecule is O=C1C(c2ccccc2)Oc2ccc([N+](=O)[O-])nc2N1Cc1ccccc1Cl. The molecule has 0 N–H and O–H groups in total. The monoisotopic (exact) mass is 395 g/mol. The van der Waals surface area contributed by atoms with Crippen LogP contribution in [0.3, 0.4) is 0 Å². The van der Waals surface area contributed by atoms with Crippen molar-refractivity contribution in [2.75, 3.05) is 4.90 Å². The molecule has 0 fully saturated rings. The van der Waals surface area contributed by atoms with Crippen molar-refractivity contribution in [2.24, 2.45) is 0 Å². The van der Waals surface area contributed by atoms with Gasteiger partial charge in [-0.2, -0.15) is 0 Å². The van der Waals surface area contributed by atoms with Gasteiger partial charge in [-0.05, 0) is 27.6 Å². The van der Waals surface area contributed by atoms with E-state index in [-0.39, 0.29) is 24.1 Å². The van der Waals surface area contributed by atoms with Crippen LogP contribution in [0, 0.1) is 10.1 Å². The molecule has 4 rings (SSSR count). The number of pyridine rings is 1. The number of hydrogen-bond acceptors (Lipinski definition) is 5. The molecule has 0 saturated carbocycles. The second kappa shape index (κ2) is 7.28. The Labute approximate surface area is 165 Å². The van der Waals surface area contributed by atoms with Crippen LogP contribution in [-0.2, 0) is 11.3 Å². The van der Waals surface area contributed by atoms with E-state index in [1.54, 1.807) is 30.3 Å². The minimum Gasteiger partial charge on any atom is -0.469 e. The number of nitrogens with zero attached hydrogens (tertiary/aromatic N) is 3. The molecular weight excluding hydrogens is 382 g/mol. The van der Waals surface area contributed by atoms with Crippen molar-refractivity contribution >= 4 is 29.1 Å². The van der Waals surface area contributed by atoms with Crippen LogP contribution in [0.15, 0.2) is 66.7 Å². The maximum absolute atomic E-state index is 13.2. The second-order valence-electron chi connectivity index (χ2n) is 6.17. The van der Waals surface area contributed by atoms with Crippen molar-refractivity contribution in [1.29, 1.82) is 0 Å². The number of fused-ring (bicyclic) bond motifs is 1. The van der Waals surface area contributed by atoms with Crippen LogP contribution in [-0.4, -0.2) is 15.8 Å². The van der Waals surface area contributed by atoms with Gasteiger partial charge in [0.1, 0.15) is 0 Å². The first-order valence-corrected chi connectivity index (χ1v) is 8.84. The average molecular weight is 396 g/mol. The Morgan fingerprint density at radius 2 is 1.79 bits per heavy atom. The highest BCUT2D eigenvalue weighted by Gasteiger charge is 2.40. The molecule has 1 aromatic heterocycles.